The third-order valence-corrected chi connectivity index (χ3v) is 4.82. The van der Waals surface area contributed by atoms with Crippen LogP contribution < -0.4 is 5.32 Å². The molecule has 1 aliphatic heterocycles. The molecule has 2 unspecified atom stereocenters. The Labute approximate surface area is 123 Å². The minimum Gasteiger partial charge on any atom is -0.381 e. The molecule has 0 aliphatic carbocycles. The molecule has 1 fully saturated rings. The Morgan fingerprint density at radius 3 is 2.94 bits per heavy atom. The van der Waals surface area contributed by atoms with Gasteiger partial charge in [-0.1, -0.05) is 30.1 Å². The van der Waals surface area contributed by atoms with Gasteiger partial charge in [0.05, 0.1) is 15.3 Å². The van der Waals surface area contributed by atoms with E-state index >= 15 is 0 Å². The lowest BCUT2D eigenvalue weighted by Crippen LogP contribution is -2.33. The zero-order valence-electron chi connectivity index (χ0n) is 10.5. The van der Waals surface area contributed by atoms with E-state index in [1.54, 1.807) is 0 Å². The van der Waals surface area contributed by atoms with Gasteiger partial charge in [0.25, 0.3) is 0 Å². The predicted molar refractivity (Wildman–Crippen MR) is 78.9 cm³/mol. The predicted octanol–water partition coefficient (Wildman–Crippen LogP) is 4.52. The summed E-state index contributed by atoms with van der Waals surface area (Å²) in [4.78, 5) is 0. The maximum atomic E-state index is 6.29. The molecular weight excluding hydrogens is 289 g/mol. The van der Waals surface area contributed by atoms with Crippen LogP contribution in [0.2, 0.25) is 8.67 Å². The molecule has 0 radical (unpaired) electrons. The Morgan fingerprint density at radius 1 is 1.56 bits per heavy atom. The van der Waals surface area contributed by atoms with Crippen molar-refractivity contribution < 1.29 is 4.74 Å². The fourth-order valence-electron chi connectivity index (χ4n) is 2.42. The van der Waals surface area contributed by atoms with E-state index < -0.39 is 0 Å². The first-order valence-electron chi connectivity index (χ1n) is 6.48. The van der Waals surface area contributed by atoms with E-state index in [0.717, 1.165) is 46.8 Å². The second-order valence-corrected chi connectivity index (χ2v) is 6.97. The van der Waals surface area contributed by atoms with Gasteiger partial charge in [-0.15, -0.1) is 11.3 Å². The molecule has 0 saturated carbocycles. The summed E-state index contributed by atoms with van der Waals surface area (Å²) < 4.78 is 7.16. The second kappa shape index (κ2) is 7.11. The van der Waals surface area contributed by atoms with Crippen LogP contribution in [0.15, 0.2) is 6.07 Å². The molecule has 1 aromatic heterocycles. The van der Waals surface area contributed by atoms with Crippen LogP contribution in [0.25, 0.3) is 0 Å². The molecule has 1 aliphatic rings. The van der Waals surface area contributed by atoms with E-state index in [-0.39, 0.29) is 6.04 Å². The van der Waals surface area contributed by atoms with Gasteiger partial charge < -0.3 is 10.1 Å². The number of hydrogen-bond acceptors (Lipinski definition) is 3. The van der Waals surface area contributed by atoms with Gasteiger partial charge in [-0.3, -0.25) is 0 Å². The first-order valence-corrected chi connectivity index (χ1v) is 8.05. The summed E-state index contributed by atoms with van der Waals surface area (Å²) in [5, 5.41) is 3.59. The molecule has 2 atom stereocenters. The summed E-state index contributed by atoms with van der Waals surface area (Å²) in [6, 6.07) is 2.26. The van der Waals surface area contributed by atoms with Gasteiger partial charge in [0.1, 0.15) is 0 Å². The molecule has 5 heteroatoms. The Morgan fingerprint density at radius 2 is 2.39 bits per heavy atom. The van der Waals surface area contributed by atoms with Crippen molar-refractivity contribution in [1.82, 2.24) is 5.32 Å². The smallest absolute Gasteiger partial charge is 0.0992 e. The van der Waals surface area contributed by atoms with Crippen molar-refractivity contribution in [2.75, 3.05) is 19.8 Å². The lowest BCUT2D eigenvalue weighted by Gasteiger charge is -2.31. The van der Waals surface area contributed by atoms with Crippen molar-refractivity contribution in [1.29, 1.82) is 0 Å². The van der Waals surface area contributed by atoms with E-state index in [9.17, 15) is 0 Å². The van der Waals surface area contributed by atoms with E-state index in [0.29, 0.717) is 5.92 Å². The SMILES string of the molecule is CCCNC(c1cc(Cl)sc1Cl)C1CCCOC1. The molecule has 1 aromatic rings. The van der Waals surface area contributed by atoms with Gasteiger partial charge in [0.2, 0.25) is 0 Å². The van der Waals surface area contributed by atoms with E-state index in [1.807, 2.05) is 6.07 Å². The average Bonchev–Trinajstić information content (AvgIpc) is 2.70. The summed E-state index contributed by atoms with van der Waals surface area (Å²) in [6.45, 7) is 4.86. The number of rotatable bonds is 5. The number of hydrogen-bond donors (Lipinski definition) is 1. The van der Waals surface area contributed by atoms with Crippen LogP contribution in [0.3, 0.4) is 0 Å². The molecule has 2 rings (SSSR count). The van der Waals surface area contributed by atoms with Crippen LogP contribution in [-0.4, -0.2) is 19.8 Å². The Kier molecular flexibility index (Phi) is 5.77. The highest BCUT2D eigenvalue weighted by Gasteiger charge is 2.27. The molecule has 1 saturated heterocycles. The van der Waals surface area contributed by atoms with Crippen LogP contribution >= 0.6 is 34.5 Å². The average molecular weight is 308 g/mol. The molecule has 2 nitrogen and oxygen atoms in total. The summed E-state index contributed by atoms with van der Waals surface area (Å²) in [6.07, 6.45) is 3.43. The van der Waals surface area contributed by atoms with Gasteiger partial charge in [0, 0.05) is 24.1 Å². The Balaban J connectivity index is 2.15. The van der Waals surface area contributed by atoms with Crippen molar-refractivity contribution in [2.45, 2.75) is 32.2 Å². The number of nitrogens with one attached hydrogen (secondary N) is 1. The minimum absolute atomic E-state index is 0.265. The fourth-order valence-corrected chi connectivity index (χ4v) is 3.97. The zero-order valence-corrected chi connectivity index (χ0v) is 12.9. The summed E-state index contributed by atoms with van der Waals surface area (Å²) in [5.74, 6) is 0.494. The molecule has 0 aromatic carbocycles. The lowest BCUT2D eigenvalue weighted by molar-refractivity contribution is 0.0391. The molecule has 2 heterocycles. The van der Waals surface area contributed by atoms with Crippen LogP contribution in [-0.2, 0) is 4.74 Å². The van der Waals surface area contributed by atoms with Crippen molar-refractivity contribution in [2.24, 2.45) is 5.92 Å². The topological polar surface area (TPSA) is 21.3 Å². The second-order valence-electron chi connectivity index (χ2n) is 4.69. The fraction of sp³-hybridized carbons (Fsp3) is 0.692. The lowest BCUT2D eigenvalue weighted by atomic mass is 9.90. The normalized spacial score (nSPS) is 22.1. The van der Waals surface area contributed by atoms with Crippen LogP contribution in [0.4, 0.5) is 0 Å². The van der Waals surface area contributed by atoms with E-state index in [4.69, 9.17) is 27.9 Å². The van der Waals surface area contributed by atoms with Gasteiger partial charge in [-0.25, -0.2) is 0 Å². The van der Waals surface area contributed by atoms with E-state index in [2.05, 4.69) is 12.2 Å². The third-order valence-electron chi connectivity index (χ3n) is 3.30. The van der Waals surface area contributed by atoms with Gasteiger partial charge in [0.15, 0.2) is 0 Å². The van der Waals surface area contributed by atoms with Crippen LogP contribution in [0.5, 0.6) is 0 Å². The summed E-state index contributed by atoms with van der Waals surface area (Å²) >= 11 is 13.8. The van der Waals surface area contributed by atoms with Gasteiger partial charge >= 0.3 is 0 Å². The molecule has 0 amide bonds. The summed E-state index contributed by atoms with van der Waals surface area (Å²) in [7, 11) is 0. The Bertz CT molecular complexity index is 377. The highest BCUT2D eigenvalue weighted by molar-refractivity contribution is 7.20. The molecule has 0 bridgehead atoms. The van der Waals surface area contributed by atoms with Gasteiger partial charge in [-0.05, 0) is 31.9 Å². The van der Waals surface area contributed by atoms with E-state index in [1.165, 1.54) is 17.8 Å². The van der Waals surface area contributed by atoms with Gasteiger partial charge in [-0.2, -0.15) is 0 Å². The first kappa shape index (κ1) is 14.6. The van der Waals surface area contributed by atoms with Crippen molar-refractivity contribution in [3.05, 3.63) is 20.3 Å². The quantitative estimate of drug-likeness (QED) is 0.863. The third kappa shape index (κ3) is 3.61. The van der Waals surface area contributed by atoms with Crippen LogP contribution in [0.1, 0.15) is 37.8 Å². The highest BCUT2D eigenvalue weighted by atomic mass is 35.5. The summed E-state index contributed by atoms with van der Waals surface area (Å²) in [5.41, 5.74) is 1.13. The number of halogens is 2. The number of thiophene rings is 1. The first-order chi connectivity index (χ1) is 8.72. The molecule has 0 spiro atoms. The van der Waals surface area contributed by atoms with Crippen molar-refractivity contribution >= 4 is 34.5 Å². The molecule has 18 heavy (non-hydrogen) atoms. The largest absolute Gasteiger partial charge is 0.381 e. The molecular formula is C13H19Cl2NOS. The van der Waals surface area contributed by atoms with Crippen molar-refractivity contribution in [3.63, 3.8) is 0 Å². The maximum Gasteiger partial charge on any atom is 0.0992 e. The minimum atomic E-state index is 0.265. The molecule has 102 valence electrons. The monoisotopic (exact) mass is 307 g/mol. The van der Waals surface area contributed by atoms with Crippen molar-refractivity contribution in [3.8, 4) is 0 Å². The maximum absolute atomic E-state index is 6.29. The molecule has 1 N–H and O–H groups in total. The zero-order chi connectivity index (χ0) is 13.0. The standard InChI is InChI=1S/C13H19Cl2NOS/c1-2-5-16-12(9-4-3-6-17-8-9)10-7-11(14)18-13(10)15/h7,9,12,16H,2-6,8H2,1H3. The van der Waals surface area contributed by atoms with Crippen LogP contribution in [0, 0.1) is 5.92 Å². The number of ether oxygens (including phenoxy) is 1. The highest BCUT2D eigenvalue weighted by Crippen LogP contribution is 2.39. The Hall–Kier alpha value is 0.200.